The molecule has 2 N–H and O–H groups in total. The molecule has 1 heterocycles. The smallest absolute Gasteiger partial charge is 0.266 e. The lowest BCUT2D eigenvalue weighted by molar-refractivity contribution is 0.102. The minimum absolute atomic E-state index is 0.0469. The summed E-state index contributed by atoms with van der Waals surface area (Å²) < 4.78 is 1.73. The Labute approximate surface area is 185 Å². The van der Waals surface area contributed by atoms with Crippen molar-refractivity contribution in [2.45, 2.75) is 26.2 Å². The van der Waals surface area contributed by atoms with Gasteiger partial charge in [-0.15, -0.1) is 0 Å². The van der Waals surface area contributed by atoms with E-state index in [1.165, 1.54) is 10.1 Å². The maximum Gasteiger partial charge on any atom is 0.266 e. The molecule has 3 aromatic carbocycles. The predicted octanol–water partition coefficient (Wildman–Crippen LogP) is 5.60. The summed E-state index contributed by atoms with van der Waals surface area (Å²) in [5.74, 6) is -0.253. The zero-order chi connectivity index (χ0) is 22.2. The normalized spacial score (nSPS) is 11.5. The van der Waals surface area contributed by atoms with E-state index in [1.807, 2.05) is 54.6 Å². The summed E-state index contributed by atoms with van der Waals surface area (Å²) in [6.45, 7) is 6.43. The minimum atomic E-state index is -0.253. The lowest BCUT2D eigenvalue weighted by Crippen LogP contribution is -2.21. The first-order chi connectivity index (χ1) is 14.7. The molecule has 0 unspecified atom stereocenters. The van der Waals surface area contributed by atoms with Crippen LogP contribution in [0.5, 0.6) is 0 Å². The quantitative estimate of drug-likeness (QED) is 0.417. The van der Waals surface area contributed by atoms with Crippen molar-refractivity contribution < 1.29 is 4.79 Å². The topological polar surface area (TPSA) is 66.9 Å². The molecule has 0 bridgehead atoms. The molecule has 0 saturated carbocycles. The van der Waals surface area contributed by atoms with Crippen LogP contribution in [0.3, 0.4) is 0 Å². The molecule has 0 aliphatic rings. The minimum Gasteiger partial charge on any atom is -0.331 e. The van der Waals surface area contributed by atoms with Gasteiger partial charge in [0, 0.05) is 11.3 Å². The van der Waals surface area contributed by atoms with Crippen LogP contribution in [-0.2, 0) is 5.41 Å². The van der Waals surface area contributed by atoms with Crippen LogP contribution >= 0.6 is 12.2 Å². The van der Waals surface area contributed by atoms with Crippen LogP contribution < -0.4 is 10.9 Å². The molecule has 0 aliphatic heterocycles. The van der Waals surface area contributed by atoms with Gasteiger partial charge < -0.3 is 10.3 Å². The largest absolute Gasteiger partial charge is 0.331 e. The van der Waals surface area contributed by atoms with Crippen molar-refractivity contribution in [2.75, 3.05) is 5.32 Å². The number of benzene rings is 3. The van der Waals surface area contributed by atoms with E-state index in [4.69, 9.17) is 12.2 Å². The molecule has 31 heavy (non-hydrogen) atoms. The number of H-pyrrole nitrogens is 1. The number of hydrogen-bond donors (Lipinski definition) is 2. The van der Waals surface area contributed by atoms with Crippen molar-refractivity contribution in [3.05, 3.63) is 99.0 Å². The molecule has 1 amide bonds. The van der Waals surface area contributed by atoms with E-state index in [0.717, 1.165) is 0 Å². The van der Waals surface area contributed by atoms with Gasteiger partial charge in [-0.05, 0) is 65.7 Å². The zero-order valence-corrected chi connectivity index (χ0v) is 18.4. The lowest BCUT2D eigenvalue weighted by atomic mass is 9.87. The summed E-state index contributed by atoms with van der Waals surface area (Å²) in [5.41, 5.74) is 3.38. The first kappa shape index (κ1) is 20.8. The number of aromatic amines is 1. The number of amides is 1. The number of nitrogens with one attached hydrogen (secondary N) is 2. The van der Waals surface area contributed by atoms with Gasteiger partial charge >= 0.3 is 0 Å². The second kappa shape index (κ2) is 7.96. The third kappa shape index (κ3) is 4.20. The van der Waals surface area contributed by atoms with Crippen molar-refractivity contribution >= 4 is 34.7 Å². The highest BCUT2D eigenvalue weighted by molar-refractivity contribution is 7.71. The van der Waals surface area contributed by atoms with E-state index >= 15 is 0 Å². The summed E-state index contributed by atoms with van der Waals surface area (Å²) in [6.07, 6.45) is 0. The van der Waals surface area contributed by atoms with E-state index in [0.29, 0.717) is 27.8 Å². The molecule has 0 atom stereocenters. The number of nitrogens with zero attached hydrogens (tertiary/aromatic N) is 1. The van der Waals surface area contributed by atoms with Crippen molar-refractivity contribution in [3.8, 4) is 5.69 Å². The molecule has 6 heteroatoms. The highest BCUT2D eigenvalue weighted by Crippen LogP contribution is 2.24. The van der Waals surface area contributed by atoms with Gasteiger partial charge in [-0.3, -0.25) is 14.2 Å². The monoisotopic (exact) mass is 429 g/mol. The molecule has 4 aromatic rings. The van der Waals surface area contributed by atoms with Gasteiger partial charge in [0.05, 0.1) is 16.6 Å². The predicted molar refractivity (Wildman–Crippen MR) is 128 cm³/mol. The summed E-state index contributed by atoms with van der Waals surface area (Å²) in [7, 11) is 0. The van der Waals surface area contributed by atoms with E-state index in [1.54, 1.807) is 18.2 Å². The van der Waals surface area contributed by atoms with Gasteiger partial charge in [-0.25, -0.2) is 0 Å². The van der Waals surface area contributed by atoms with Crippen molar-refractivity contribution in [3.63, 3.8) is 0 Å². The van der Waals surface area contributed by atoms with Crippen LogP contribution in [0.4, 0.5) is 5.69 Å². The van der Waals surface area contributed by atoms with Gasteiger partial charge in [-0.2, -0.15) is 0 Å². The number of rotatable bonds is 3. The molecular formula is C25H23N3O2S. The van der Waals surface area contributed by atoms with E-state index < -0.39 is 0 Å². The molecule has 0 fully saturated rings. The number of para-hydroxylation sites is 1. The molecule has 1 aromatic heterocycles. The van der Waals surface area contributed by atoms with Crippen LogP contribution in [-0.4, -0.2) is 15.5 Å². The average molecular weight is 430 g/mol. The number of fused-ring (bicyclic) bond motifs is 1. The van der Waals surface area contributed by atoms with Crippen LogP contribution in [0.2, 0.25) is 0 Å². The first-order valence-corrected chi connectivity index (χ1v) is 10.4. The second-order valence-electron chi connectivity index (χ2n) is 8.45. The molecular weight excluding hydrogens is 406 g/mol. The molecule has 0 spiro atoms. The highest BCUT2D eigenvalue weighted by atomic mass is 32.1. The summed E-state index contributed by atoms with van der Waals surface area (Å²) in [4.78, 5) is 28.9. The van der Waals surface area contributed by atoms with Gasteiger partial charge in [0.1, 0.15) is 0 Å². The Morgan fingerprint density at radius 3 is 2.29 bits per heavy atom. The number of carbonyl (C=O) groups excluding carboxylic acids is 1. The average Bonchev–Trinajstić information content (AvgIpc) is 2.74. The molecule has 0 saturated heterocycles. The Morgan fingerprint density at radius 1 is 0.968 bits per heavy atom. The van der Waals surface area contributed by atoms with Crippen LogP contribution in [0.15, 0.2) is 77.6 Å². The maximum atomic E-state index is 13.0. The third-order valence-corrected chi connectivity index (χ3v) is 5.47. The second-order valence-corrected chi connectivity index (χ2v) is 8.83. The van der Waals surface area contributed by atoms with Gasteiger partial charge in [-0.1, -0.05) is 51.1 Å². The number of carbonyl (C=O) groups is 1. The molecule has 0 aliphatic carbocycles. The van der Waals surface area contributed by atoms with Crippen LogP contribution in [0.1, 0.15) is 36.7 Å². The van der Waals surface area contributed by atoms with Gasteiger partial charge in [0.15, 0.2) is 4.77 Å². The Bertz CT molecular complexity index is 1380. The molecule has 0 radical (unpaired) electrons. The van der Waals surface area contributed by atoms with Crippen LogP contribution in [0.25, 0.3) is 16.6 Å². The Balaban J connectivity index is 1.66. The SMILES string of the molecule is CC(C)(C)c1ccc(NC(=O)c2ccc3c(=O)n(-c4ccccc4)c(=S)[nH]c3c2)cc1. The number of aromatic nitrogens is 2. The maximum absolute atomic E-state index is 13.0. The standard InChI is InChI=1S/C25H23N3O2S/c1-25(2,3)17-10-12-18(13-11-17)26-22(29)16-9-14-20-21(15-16)27-24(31)28(23(20)30)19-7-5-4-6-8-19/h4-15H,1-3H3,(H,26,29)(H,27,31). The van der Waals surface area contributed by atoms with Gasteiger partial charge in [0.2, 0.25) is 0 Å². The van der Waals surface area contributed by atoms with E-state index in [2.05, 4.69) is 31.1 Å². The Morgan fingerprint density at radius 2 is 1.65 bits per heavy atom. The molecule has 5 nitrogen and oxygen atoms in total. The van der Waals surface area contributed by atoms with Crippen LogP contribution in [0, 0.1) is 4.77 Å². The Hall–Kier alpha value is -3.51. The summed E-state index contributed by atoms with van der Waals surface area (Å²) >= 11 is 5.41. The molecule has 4 rings (SSSR count). The fourth-order valence-corrected chi connectivity index (χ4v) is 3.73. The Kier molecular flexibility index (Phi) is 5.33. The van der Waals surface area contributed by atoms with E-state index in [-0.39, 0.29) is 21.7 Å². The van der Waals surface area contributed by atoms with Gasteiger partial charge in [0.25, 0.3) is 11.5 Å². The number of anilines is 1. The van der Waals surface area contributed by atoms with Crippen molar-refractivity contribution in [1.82, 2.24) is 9.55 Å². The fourth-order valence-electron chi connectivity index (χ4n) is 3.43. The third-order valence-electron chi connectivity index (χ3n) is 5.18. The van der Waals surface area contributed by atoms with Crippen molar-refractivity contribution in [2.24, 2.45) is 0 Å². The lowest BCUT2D eigenvalue weighted by Gasteiger charge is -2.19. The fraction of sp³-hybridized carbons (Fsp3) is 0.160. The summed E-state index contributed by atoms with van der Waals surface area (Å²) in [5, 5.41) is 3.37. The summed E-state index contributed by atoms with van der Waals surface area (Å²) in [6, 6.07) is 22.0. The van der Waals surface area contributed by atoms with Crippen molar-refractivity contribution in [1.29, 1.82) is 0 Å². The molecule has 156 valence electrons. The first-order valence-electron chi connectivity index (χ1n) is 10.0. The number of hydrogen-bond acceptors (Lipinski definition) is 3. The highest BCUT2D eigenvalue weighted by Gasteiger charge is 2.14. The van der Waals surface area contributed by atoms with E-state index in [9.17, 15) is 9.59 Å². The zero-order valence-electron chi connectivity index (χ0n) is 17.6.